The molecule has 0 unspecified atom stereocenters. The molecule has 2 amide bonds. The van der Waals surface area contributed by atoms with Crippen molar-refractivity contribution in [1.82, 2.24) is 19.4 Å². The molecule has 8 nitrogen and oxygen atoms in total. The summed E-state index contributed by atoms with van der Waals surface area (Å²) in [5.74, 6) is 0.0493. The molecule has 1 aliphatic rings. The number of amides is 2. The van der Waals surface area contributed by atoms with E-state index in [1.807, 2.05) is 9.47 Å². The molecule has 2 heterocycles. The molecule has 0 spiro atoms. The Morgan fingerprint density at radius 1 is 1.18 bits per heavy atom. The first-order valence-corrected chi connectivity index (χ1v) is 6.95. The van der Waals surface area contributed by atoms with Crippen LogP contribution >= 0.6 is 0 Å². The number of carbonyl (C=O) groups excluding carboxylic acids is 2. The van der Waals surface area contributed by atoms with Crippen LogP contribution in [0.15, 0.2) is 6.20 Å². The van der Waals surface area contributed by atoms with Gasteiger partial charge in [-0.15, -0.1) is 0 Å². The molecule has 8 heteroatoms. The van der Waals surface area contributed by atoms with E-state index in [0.717, 1.165) is 12.7 Å². The zero-order chi connectivity index (χ0) is 16.9. The van der Waals surface area contributed by atoms with Crippen molar-refractivity contribution < 1.29 is 19.5 Å². The first-order chi connectivity index (χ1) is 10.2. The second-order valence-corrected chi connectivity index (χ2v) is 5.21. The first-order valence-electron chi connectivity index (χ1n) is 6.95. The predicted octanol–water partition coefficient (Wildman–Crippen LogP) is 0.0804. The highest BCUT2D eigenvalue weighted by atomic mass is 16.4. The van der Waals surface area contributed by atoms with Crippen molar-refractivity contribution in [1.29, 1.82) is 0 Å². The molecular formula is C14H22N4O4. The largest absolute Gasteiger partial charge is 0.481 e. The normalized spacial score (nSPS) is 13.4. The average molecular weight is 310 g/mol. The van der Waals surface area contributed by atoms with Gasteiger partial charge in [0.25, 0.3) is 11.9 Å². The van der Waals surface area contributed by atoms with Crippen molar-refractivity contribution in [3.8, 4) is 0 Å². The number of imidazole rings is 1. The molecule has 1 aliphatic heterocycles. The third-order valence-corrected chi connectivity index (χ3v) is 3.15. The second kappa shape index (κ2) is 7.58. The van der Waals surface area contributed by atoms with Crippen molar-refractivity contribution in [2.75, 3.05) is 27.2 Å². The number of carboxylic acid groups (broad SMARTS) is 1. The zero-order valence-electron chi connectivity index (χ0n) is 13.4. The molecular weight excluding hydrogens is 288 g/mol. The fraction of sp³-hybridized carbons (Fsp3) is 0.571. The Balaban J connectivity index is 0.000000541. The van der Waals surface area contributed by atoms with E-state index < -0.39 is 5.97 Å². The number of fused-ring (bicyclic) bond motifs is 1. The molecule has 0 aliphatic carbocycles. The Bertz CT molecular complexity index is 536. The van der Waals surface area contributed by atoms with Crippen LogP contribution in [0.3, 0.4) is 0 Å². The molecule has 0 saturated carbocycles. The highest BCUT2D eigenvalue weighted by Gasteiger charge is 2.20. The summed E-state index contributed by atoms with van der Waals surface area (Å²) >= 11 is 0. The standard InChI is InChI=1S/C12H18N4O2.C2H4O2/c1-9(17)15-5-4-11-13-10(12(18)14(2)3)8-16(11)7-6-15;1-2(3)4/h8H,4-7H2,1-3H3;1H3,(H,3,4). The van der Waals surface area contributed by atoms with Crippen LogP contribution in [0.5, 0.6) is 0 Å². The summed E-state index contributed by atoms with van der Waals surface area (Å²) in [4.78, 5) is 39.8. The molecule has 1 aromatic heterocycles. The molecule has 122 valence electrons. The molecule has 1 N–H and O–H groups in total. The lowest BCUT2D eigenvalue weighted by molar-refractivity contribution is -0.134. The van der Waals surface area contributed by atoms with Gasteiger partial charge in [-0.1, -0.05) is 0 Å². The van der Waals surface area contributed by atoms with Gasteiger partial charge in [0.05, 0.1) is 0 Å². The van der Waals surface area contributed by atoms with Gasteiger partial charge in [0, 0.05) is 60.2 Å². The van der Waals surface area contributed by atoms with Crippen LogP contribution in [0.1, 0.15) is 30.2 Å². The lowest BCUT2D eigenvalue weighted by atomic mass is 10.3. The van der Waals surface area contributed by atoms with Gasteiger partial charge < -0.3 is 19.5 Å². The first kappa shape index (κ1) is 17.7. The number of carboxylic acids is 1. The molecule has 0 saturated heterocycles. The number of carbonyl (C=O) groups is 3. The molecule has 0 aromatic carbocycles. The van der Waals surface area contributed by atoms with Crippen LogP contribution in [-0.4, -0.2) is 69.4 Å². The minimum atomic E-state index is -0.833. The zero-order valence-corrected chi connectivity index (χ0v) is 13.4. The third kappa shape index (κ3) is 4.87. The van der Waals surface area contributed by atoms with Gasteiger partial charge in [0.1, 0.15) is 11.5 Å². The summed E-state index contributed by atoms with van der Waals surface area (Å²) < 4.78 is 1.97. The molecule has 0 bridgehead atoms. The number of nitrogens with zero attached hydrogens (tertiary/aromatic N) is 4. The van der Waals surface area contributed by atoms with Gasteiger partial charge in [-0.25, -0.2) is 4.98 Å². The highest BCUT2D eigenvalue weighted by Crippen LogP contribution is 2.11. The van der Waals surface area contributed by atoms with E-state index in [4.69, 9.17) is 9.90 Å². The number of aliphatic carboxylic acids is 1. The van der Waals surface area contributed by atoms with Crippen molar-refractivity contribution in [2.45, 2.75) is 26.8 Å². The Hall–Kier alpha value is -2.38. The van der Waals surface area contributed by atoms with E-state index in [0.29, 0.717) is 31.7 Å². The Kier molecular flexibility index (Phi) is 6.09. The minimum Gasteiger partial charge on any atom is -0.481 e. The lowest BCUT2D eigenvalue weighted by Crippen LogP contribution is -2.31. The fourth-order valence-corrected chi connectivity index (χ4v) is 2.07. The van der Waals surface area contributed by atoms with Crippen molar-refractivity contribution in [2.24, 2.45) is 0 Å². The molecule has 2 rings (SSSR count). The maximum Gasteiger partial charge on any atom is 0.300 e. The maximum atomic E-state index is 11.8. The third-order valence-electron chi connectivity index (χ3n) is 3.15. The smallest absolute Gasteiger partial charge is 0.300 e. The summed E-state index contributed by atoms with van der Waals surface area (Å²) in [5.41, 5.74) is 0.478. The topological polar surface area (TPSA) is 95.7 Å². The lowest BCUT2D eigenvalue weighted by Gasteiger charge is -2.17. The molecule has 0 atom stereocenters. The average Bonchev–Trinajstić information content (AvgIpc) is 2.70. The Morgan fingerprint density at radius 3 is 2.27 bits per heavy atom. The summed E-state index contributed by atoms with van der Waals surface area (Å²) in [7, 11) is 3.43. The van der Waals surface area contributed by atoms with E-state index in [9.17, 15) is 9.59 Å². The number of rotatable bonds is 1. The van der Waals surface area contributed by atoms with Crippen molar-refractivity contribution in [3.05, 3.63) is 17.7 Å². The number of aromatic nitrogens is 2. The monoisotopic (exact) mass is 310 g/mol. The molecule has 0 radical (unpaired) electrons. The minimum absolute atomic E-state index is 0.0843. The van der Waals surface area contributed by atoms with Gasteiger partial charge in [-0.2, -0.15) is 0 Å². The van der Waals surface area contributed by atoms with Gasteiger partial charge in [-0.05, 0) is 0 Å². The summed E-state index contributed by atoms with van der Waals surface area (Å²) in [6, 6.07) is 0. The summed E-state index contributed by atoms with van der Waals surface area (Å²) in [6.07, 6.45) is 2.47. The van der Waals surface area contributed by atoms with Crippen LogP contribution in [0.4, 0.5) is 0 Å². The van der Waals surface area contributed by atoms with Gasteiger partial charge in [-0.3, -0.25) is 14.4 Å². The number of hydrogen-bond donors (Lipinski definition) is 1. The fourth-order valence-electron chi connectivity index (χ4n) is 2.07. The van der Waals surface area contributed by atoms with Crippen molar-refractivity contribution in [3.63, 3.8) is 0 Å². The van der Waals surface area contributed by atoms with E-state index in [1.165, 1.54) is 4.90 Å². The summed E-state index contributed by atoms with van der Waals surface area (Å²) in [5, 5.41) is 7.42. The van der Waals surface area contributed by atoms with Crippen LogP contribution in [0.25, 0.3) is 0 Å². The number of hydrogen-bond acceptors (Lipinski definition) is 4. The highest BCUT2D eigenvalue weighted by molar-refractivity contribution is 5.91. The SMILES string of the molecule is CC(=O)N1CCc2nc(C(=O)N(C)C)cn2CC1.CC(=O)O. The van der Waals surface area contributed by atoms with Crippen molar-refractivity contribution >= 4 is 17.8 Å². The Morgan fingerprint density at radius 2 is 1.77 bits per heavy atom. The molecule has 0 fully saturated rings. The van der Waals surface area contributed by atoms with Gasteiger partial charge >= 0.3 is 0 Å². The van der Waals surface area contributed by atoms with Crippen LogP contribution in [0.2, 0.25) is 0 Å². The van der Waals surface area contributed by atoms with Gasteiger partial charge in [0.2, 0.25) is 5.91 Å². The van der Waals surface area contributed by atoms with Crippen LogP contribution in [-0.2, 0) is 22.6 Å². The quantitative estimate of drug-likeness (QED) is 0.792. The van der Waals surface area contributed by atoms with E-state index in [2.05, 4.69) is 4.98 Å². The maximum absolute atomic E-state index is 11.8. The molecule has 1 aromatic rings. The summed E-state index contributed by atoms with van der Waals surface area (Å²) in [6.45, 7) is 4.70. The second-order valence-electron chi connectivity index (χ2n) is 5.21. The van der Waals surface area contributed by atoms with E-state index >= 15 is 0 Å². The van der Waals surface area contributed by atoms with Gasteiger partial charge in [0.15, 0.2) is 0 Å². The van der Waals surface area contributed by atoms with E-state index in [-0.39, 0.29) is 11.8 Å². The Labute approximate surface area is 129 Å². The van der Waals surface area contributed by atoms with Crippen LogP contribution < -0.4 is 0 Å². The van der Waals surface area contributed by atoms with E-state index in [1.54, 1.807) is 27.2 Å². The van der Waals surface area contributed by atoms with Crippen LogP contribution in [0, 0.1) is 0 Å². The predicted molar refractivity (Wildman–Crippen MR) is 79.5 cm³/mol. The molecule has 22 heavy (non-hydrogen) atoms.